The van der Waals surface area contributed by atoms with Gasteiger partial charge in [0.15, 0.2) is 0 Å². The smallest absolute Gasteiger partial charge is 0.118 e. The molecule has 100 valence electrons. The monoisotopic (exact) mass is 265 g/mol. The Morgan fingerprint density at radius 1 is 1.00 bits per heavy atom. The Kier molecular flexibility index (Phi) is 3.37. The van der Waals surface area contributed by atoms with Gasteiger partial charge >= 0.3 is 0 Å². The molecule has 0 aliphatic carbocycles. The van der Waals surface area contributed by atoms with Crippen molar-refractivity contribution in [3.05, 3.63) is 60.8 Å². The molecule has 2 aromatic carbocycles. The summed E-state index contributed by atoms with van der Waals surface area (Å²) in [5.74, 6) is 0.839. The lowest BCUT2D eigenvalue weighted by Crippen LogP contribution is -1.91. The topological polar surface area (TPSA) is 49.9 Å². The van der Waals surface area contributed by atoms with Crippen LogP contribution in [0.3, 0.4) is 0 Å². The maximum atomic E-state index is 5.17. The van der Waals surface area contributed by atoms with Gasteiger partial charge in [0.1, 0.15) is 5.75 Å². The summed E-state index contributed by atoms with van der Waals surface area (Å²) >= 11 is 0. The molecule has 0 bridgehead atoms. The van der Waals surface area contributed by atoms with E-state index in [1.54, 1.807) is 13.3 Å². The Morgan fingerprint density at radius 3 is 2.45 bits per heavy atom. The summed E-state index contributed by atoms with van der Waals surface area (Å²) in [5, 5.41) is 10.5. The fraction of sp³-hybridized carbons (Fsp3) is 0.0625. The van der Waals surface area contributed by atoms with Gasteiger partial charge in [-0.2, -0.15) is 5.10 Å². The van der Waals surface area contributed by atoms with Gasteiger partial charge in [-0.25, -0.2) is 0 Å². The predicted octanol–water partition coefficient (Wildman–Crippen LogP) is 3.83. The zero-order valence-corrected chi connectivity index (χ0v) is 11.1. The summed E-state index contributed by atoms with van der Waals surface area (Å²) in [6.07, 6.45) is 1.78. The molecule has 0 radical (unpaired) electrons. The standard InChI is InChI=1S/C16H15N3O/c1-20-14-9-7-12(8-10-14)16-15(11-17-19-16)18-13-5-3-2-4-6-13/h2-11,18H,1H3,(H,17,19). The maximum Gasteiger partial charge on any atom is 0.118 e. The number of benzene rings is 2. The average Bonchev–Trinajstić information content (AvgIpc) is 2.96. The van der Waals surface area contributed by atoms with Crippen LogP contribution in [0.2, 0.25) is 0 Å². The third kappa shape index (κ3) is 2.49. The molecule has 0 amide bonds. The lowest BCUT2D eigenvalue weighted by molar-refractivity contribution is 0.415. The van der Waals surface area contributed by atoms with Gasteiger partial charge in [-0.15, -0.1) is 0 Å². The molecule has 1 aromatic heterocycles. The fourth-order valence-corrected chi connectivity index (χ4v) is 2.04. The van der Waals surface area contributed by atoms with E-state index in [9.17, 15) is 0 Å². The highest BCUT2D eigenvalue weighted by Crippen LogP contribution is 2.29. The van der Waals surface area contributed by atoms with E-state index in [-0.39, 0.29) is 0 Å². The van der Waals surface area contributed by atoms with Crippen LogP contribution in [-0.4, -0.2) is 17.3 Å². The molecule has 0 unspecified atom stereocenters. The van der Waals surface area contributed by atoms with Crippen LogP contribution in [0.25, 0.3) is 11.3 Å². The number of H-pyrrole nitrogens is 1. The van der Waals surface area contributed by atoms with Gasteiger partial charge in [0.2, 0.25) is 0 Å². The van der Waals surface area contributed by atoms with Crippen LogP contribution in [0.1, 0.15) is 0 Å². The number of hydrogen-bond donors (Lipinski definition) is 2. The van der Waals surface area contributed by atoms with Crippen molar-refractivity contribution in [3.63, 3.8) is 0 Å². The summed E-state index contributed by atoms with van der Waals surface area (Å²) in [6, 6.07) is 17.9. The second kappa shape index (κ2) is 5.48. The summed E-state index contributed by atoms with van der Waals surface area (Å²) in [6.45, 7) is 0. The molecule has 20 heavy (non-hydrogen) atoms. The van der Waals surface area contributed by atoms with E-state index in [4.69, 9.17) is 4.74 Å². The first-order valence-electron chi connectivity index (χ1n) is 6.36. The molecule has 4 nitrogen and oxygen atoms in total. The van der Waals surface area contributed by atoms with Crippen molar-refractivity contribution in [2.75, 3.05) is 12.4 Å². The van der Waals surface area contributed by atoms with Gasteiger partial charge in [-0.1, -0.05) is 18.2 Å². The van der Waals surface area contributed by atoms with Gasteiger partial charge in [0, 0.05) is 11.3 Å². The lowest BCUT2D eigenvalue weighted by atomic mass is 10.1. The van der Waals surface area contributed by atoms with Crippen molar-refractivity contribution in [2.45, 2.75) is 0 Å². The number of hydrogen-bond acceptors (Lipinski definition) is 3. The van der Waals surface area contributed by atoms with E-state index in [2.05, 4.69) is 15.5 Å². The number of aromatic nitrogens is 2. The van der Waals surface area contributed by atoms with Crippen LogP contribution >= 0.6 is 0 Å². The second-order valence-corrected chi connectivity index (χ2v) is 4.38. The molecule has 3 aromatic rings. The summed E-state index contributed by atoms with van der Waals surface area (Å²) in [4.78, 5) is 0. The van der Waals surface area contributed by atoms with Crippen molar-refractivity contribution in [1.82, 2.24) is 10.2 Å². The minimum Gasteiger partial charge on any atom is -0.497 e. The number of para-hydroxylation sites is 1. The molecule has 2 N–H and O–H groups in total. The largest absolute Gasteiger partial charge is 0.497 e. The first-order chi connectivity index (χ1) is 9.86. The quantitative estimate of drug-likeness (QED) is 0.753. The van der Waals surface area contributed by atoms with Crippen LogP contribution in [0.5, 0.6) is 5.75 Å². The molecule has 0 aliphatic heterocycles. The molecule has 0 fully saturated rings. The molecule has 0 aliphatic rings. The highest BCUT2D eigenvalue weighted by molar-refractivity contribution is 5.77. The van der Waals surface area contributed by atoms with Crippen molar-refractivity contribution in [2.24, 2.45) is 0 Å². The number of rotatable bonds is 4. The van der Waals surface area contributed by atoms with E-state index < -0.39 is 0 Å². The Balaban J connectivity index is 1.89. The molecule has 3 rings (SSSR count). The number of nitrogens with zero attached hydrogens (tertiary/aromatic N) is 1. The SMILES string of the molecule is COc1ccc(-c2[nH]ncc2Nc2ccccc2)cc1. The lowest BCUT2D eigenvalue weighted by Gasteiger charge is -2.07. The van der Waals surface area contributed by atoms with Crippen molar-refractivity contribution in [1.29, 1.82) is 0 Å². The molecule has 0 saturated heterocycles. The number of methoxy groups -OCH3 is 1. The molecule has 0 atom stereocenters. The molecular weight excluding hydrogens is 250 g/mol. The minimum absolute atomic E-state index is 0.839. The highest BCUT2D eigenvalue weighted by Gasteiger charge is 2.08. The van der Waals surface area contributed by atoms with Crippen LogP contribution in [0.15, 0.2) is 60.8 Å². The maximum absolute atomic E-state index is 5.17. The van der Waals surface area contributed by atoms with Crippen molar-refractivity contribution in [3.8, 4) is 17.0 Å². The first-order valence-corrected chi connectivity index (χ1v) is 6.36. The normalized spacial score (nSPS) is 10.2. The third-order valence-electron chi connectivity index (χ3n) is 3.07. The Bertz CT molecular complexity index is 674. The van der Waals surface area contributed by atoms with Crippen LogP contribution in [0, 0.1) is 0 Å². The second-order valence-electron chi connectivity index (χ2n) is 4.38. The van der Waals surface area contributed by atoms with Crippen LogP contribution in [-0.2, 0) is 0 Å². The van der Waals surface area contributed by atoms with E-state index >= 15 is 0 Å². The number of anilines is 2. The Labute approximate surface area is 117 Å². The molecule has 0 saturated carbocycles. The summed E-state index contributed by atoms with van der Waals surface area (Å²) in [5.41, 5.74) is 3.99. The fourth-order valence-electron chi connectivity index (χ4n) is 2.04. The average molecular weight is 265 g/mol. The zero-order valence-electron chi connectivity index (χ0n) is 11.1. The highest BCUT2D eigenvalue weighted by atomic mass is 16.5. The number of ether oxygens (including phenoxy) is 1. The van der Waals surface area contributed by atoms with Crippen LogP contribution in [0.4, 0.5) is 11.4 Å². The van der Waals surface area contributed by atoms with Crippen molar-refractivity contribution >= 4 is 11.4 Å². The Hall–Kier alpha value is -2.75. The summed E-state index contributed by atoms with van der Waals surface area (Å²) < 4.78 is 5.17. The minimum atomic E-state index is 0.839. The first kappa shape index (κ1) is 12.3. The molecule has 4 heteroatoms. The van der Waals surface area contributed by atoms with E-state index in [0.717, 1.165) is 28.4 Å². The molecular formula is C16H15N3O. The van der Waals surface area contributed by atoms with Crippen LogP contribution < -0.4 is 10.1 Å². The van der Waals surface area contributed by atoms with E-state index in [1.807, 2.05) is 54.6 Å². The zero-order chi connectivity index (χ0) is 13.8. The van der Waals surface area contributed by atoms with Gasteiger partial charge in [-0.05, 0) is 36.4 Å². The van der Waals surface area contributed by atoms with Gasteiger partial charge in [0.25, 0.3) is 0 Å². The predicted molar refractivity (Wildman–Crippen MR) is 80.3 cm³/mol. The van der Waals surface area contributed by atoms with Gasteiger partial charge in [-0.3, -0.25) is 5.10 Å². The van der Waals surface area contributed by atoms with Gasteiger partial charge < -0.3 is 10.1 Å². The van der Waals surface area contributed by atoms with E-state index in [1.165, 1.54) is 0 Å². The van der Waals surface area contributed by atoms with E-state index in [0.29, 0.717) is 0 Å². The molecule has 0 spiro atoms. The number of aromatic amines is 1. The third-order valence-corrected chi connectivity index (χ3v) is 3.07. The molecule has 1 heterocycles. The number of nitrogens with one attached hydrogen (secondary N) is 2. The van der Waals surface area contributed by atoms with Gasteiger partial charge in [0.05, 0.1) is 24.7 Å². The van der Waals surface area contributed by atoms with Crippen molar-refractivity contribution < 1.29 is 4.74 Å². The summed E-state index contributed by atoms with van der Waals surface area (Å²) in [7, 11) is 1.66. The Morgan fingerprint density at radius 2 is 1.75 bits per heavy atom.